The largest absolute Gasteiger partial charge is 0.398 e. The summed E-state index contributed by atoms with van der Waals surface area (Å²) in [6.45, 7) is 0. The third kappa shape index (κ3) is 5.19. The van der Waals surface area contributed by atoms with Crippen LogP contribution in [-0.2, 0) is 0 Å². The van der Waals surface area contributed by atoms with Crippen LogP contribution in [0.5, 0.6) is 0 Å². The van der Waals surface area contributed by atoms with E-state index in [1.165, 1.54) is 48.5 Å². The lowest BCUT2D eigenvalue weighted by molar-refractivity contribution is 0.625. The first kappa shape index (κ1) is 26.3. The molecular weight excluding hydrogens is 522 g/mol. The summed E-state index contributed by atoms with van der Waals surface area (Å²) in [6.07, 6.45) is 0. The van der Waals surface area contributed by atoms with Crippen LogP contribution in [0.1, 0.15) is 45.2 Å². The van der Waals surface area contributed by atoms with Gasteiger partial charge in [0.15, 0.2) is 0 Å². The maximum absolute atomic E-state index is 14.0. The van der Waals surface area contributed by atoms with E-state index in [0.29, 0.717) is 5.69 Å². The van der Waals surface area contributed by atoms with Crippen LogP contribution < -0.4 is 5.73 Å². The first-order valence-electron chi connectivity index (χ1n) is 13.2. The predicted octanol–water partition coefficient (Wildman–Crippen LogP) is 9.34. The van der Waals surface area contributed by atoms with Crippen molar-refractivity contribution in [3.8, 4) is 0 Å². The number of nitrogen functional groups attached to an aromatic ring is 1. The third-order valence-electron chi connectivity index (χ3n) is 7.59. The highest BCUT2D eigenvalue weighted by Crippen LogP contribution is 2.44. The Labute approximate surface area is 235 Å². The molecule has 0 radical (unpaired) electrons. The Balaban J connectivity index is 1.66. The van der Waals surface area contributed by atoms with Crippen LogP contribution in [0.25, 0.3) is 10.8 Å². The molecule has 6 aromatic rings. The number of halogens is 4. The summed E-state index contributed by atoms with van der Waals surface area (Å²) in [7, 11) is 0. The second kappa shape index (κ2) is 10.9. The van der Waals surface area contributed by atoms with Crippen LogP contribution in [0.2, 0.25) is 0 Å². The number of hydrogen-bond acceptors (Lipinski definition) is 1. The van der Waals surface area contributed by atoms with Crippen LogP contribution in [0.3, 0.4) is 0 Å². The summed E-state index contributed by atoms with van der Waals surface area (Å²) < 4.78 is 55.9. The number of hydrogen-bond donors (Lipinski definition) is 1. The topological polar surface area (TPSA) is 26.0 Å². The van der Waals surface area contributed by atoms with Gasteiger partial charge in [-0.15, -0.1) is 0 Å². The van der Waals surface area contributed by atoms with Crippen molar-refractivity contribution in [2.45, 2.75) is 11.8 Å². The van der Waals surface area contributed by atoms with Crippen LogP contribution in [0.4, 0.5) is 23.2 Å². The molecule has 5 heteroatoms. The molecule has 0 spiro atoms. The summed E-state index contributed by atoms with van der Waals surface area (Å²) in [5.74, 6) is -2.29. The van der Waals surface area contributed by atoms with Crippen molar-refractivity contribution in [2.75, 3.05) is 5.73 Å². The molecule has 41 heavy (non-hydrogen) atoms. The molecule has 0 atom stereocenters. The Morgan fingerprint density at radius 3 is 1.07 bits per heavy atom. The number of fused-ring (bicyclic) bond motifs is 1. The van der Waals surface area contributed by atoms with Gasteiger partial charge >= 0.3 is 0 Å². The second-order valence-corrected chi connectivity index (χ2v) is 10.1. The second-order valence-electron chi connectivity index (χ2n) is 10.1. The molecule has 202 valence electrons. The summed E-state index contributed by atoms with van der Waals surface area (Å²) in [4.78, 5) is 0. The Kier molecular flexibility index (Phi) is 7.02. The molecule has 6 aromatic carbocycles. The number of benzene rings is 6. The van der Waals surface area contributed by atoms with E-state index in [9.17, 15) is 17.6 Å². The monoisotopic (exact) mass is 547 g/mol. The summed E-state index contributed by atoms with van der Waals surface area (Å²) in [5.41, 5.74) is 12.3. The molecule has 0 fully saturated rings. The Morgan fingerprint density at radius 2 is 0.707 bits per heavy atom. The highest BCUT2D eigenvalue weighted by Gasteiger charge is 2.26. The summed E-state index contributed by atoms with van der Waals surface area (Å²) >= 11 is 0. The Morgan fingerprint density at radius 1 is 0.390 bits per heavy atom. The highest BCUT2D eigenvalue weighted by molar-refractivity contribution is 5.98. The molecule has 0 unspecified atom stereocenters. The third-order valence-corrected chi connectivity index (χ3v) is 7.59. The fourth-order valence-electron chi connectivity index (χ4n) is 5.65. The van der Waals surface area contributed by atoms with Crippen LogP contribution in [-0.4, -0.2) is 0 Å². The molecule has 0 saturated heterocycles. The van der Waals surface area contributed by atoms with Gasteiger partial charge in [-0.25, -0.2) is 17.6 Å². The van der Waals surface area contributed by atoms with Crippen LogP contribution in [0.15, 0.2) is 127 Å². The summed E-state index contributed by atoms with van der Waals surface area (Å²) in [6, 6.07) is 34.7. The lowest BCUT2D eigenvalue weighted by Gasteiger charge is -2.27. The van der Waals surface area contributed by atoms with Gasteiger partial charge in [0.25, 0.3) is 0 Å². The van der Waals surface area contributed by atoms with Crippen molar-refractivity contribution in [3.05, 3.63) is 184 Å². The highest BCUT2D eigenvalue weighted by atomic mass is 19.1. The zero-order valence-corrected chi connectivity index (χ0v) is 21.9. The van der Waals surface area contributed by atoms with Gasteiger partial charge in [-0.2, -0.15) is 0 Å². The van der Waals surface area contributed by atoms with Gasteiger partial charge in [0.05, 0.1) is 0 Å². The molecule has 0 aliphatic rings. The van der Waals surface area contributed by atoms with Gasteiger partial charge in [-0.05, 0) is 87.3 Å². The molecule has 2 N–H and O–H groups in total. The predicted molar refractivity (Wildman–Crippen MR) is 156 cm³/mol. The first-order chi connectivity index (χ1) is 19.9. The SMILES string of the molecule is Nc1c(C(c2ccc(F)cc2)c2ccc(F)cc2)cc(C(c2ccc(F)cc2)c2ccc(F)cc2)c2ccccc12. The van der Waals surface area contributed by atoms with Crippen LogP contribution >= 0.6 is 0 Å². The minimum absolute atomic E-state index is 0.359. The molecule has 0 saturated carbocycles. The van der Waals surface area contributed by atoms with Crippen molar-refractivity contribution in [3.63, 3.8) is 0 Å². The van der Waals surface area contributed by atoms with Crippen LogP contribution in [0, 0.1) is 23.3 Å². The van der Waals surface area contributed by atoms with E-state index in [0.717, 1.165) is 44.2 Å². The van der Waals surface area contributed by atoms with Gasteiger partial charge in [0.2, 0.25) is 0 Å². The number of rotatable bonds is 6. The molecule has 0 aliphatic carbocycles. The van der Waals surface area contributed by atoms with Crippen molar-refractivity contribution in [1.82, 2.24) is 0 Å². The molecule has 0 aliphatic heterocycles. The standard InChI is InChI=1S/C36H25F4N/c37-26-13-5-22(6-14-26)34(23-7-15-27(38)16-8-23)32-21-33(36(41)31-4-2-1-3-30(31)32)35(24-9-17-28(39)18-10-24)25-11-19-29(40)20-12-25/h1-21,34-35H,41H2. The minimum atomic E-state index is -0.443. The van der Waals surface area contributed by atoms with Gasteiger partial charge in [-0.1, -0.05) is 78.9 Å². The maximum Gasteiger partial charge on any atom is 0.123 e. The lowest BCUT2D eigenvalue weighted by atomic mass is 9.77. The molecular formula is C36H25F4N. The van der Waals surface area contributed by atoms with Gasteiger partial charge in [0.1, 0.15) is 23.3 Å². The summed E-state index contributed by atoms with van der Waals surface area (Å²) in [5, 5.41) is 1.70. The fraction of sp³-hybridized carbons (Fsp3) is 0.0556. The fourth-order valence-corrected chi connectivity index (χ4v) is 5.65. The zero-order valence-electron chi connectivity index (χ0n) is 21.9. The van der Waals surface area contributed by atoms with E-state index < -0.39 is 5.92 Å². The lowest BCUT2D eigenvalue weighted by Crippen LogP contribution is -2.11. The smallest absolute Gasteiger partial charge is 0.123 e. The Hall–Kier alpha value is -4.90. The zero-order chi connectivity index (χ0) is 28.5. The van der Waals surface area contributed by atoms with E-state index in [-0.39, 0.29) is 29.2 Å². The first-order valence-corrected chi connectivity index (χ1v) is 13.2. The molecule has 6 rings (SSSR count). The van der Waals surface area contributed by atoms with E-state index >= 15 is 0 Å². The van der Waals surface area contributed by atoms with E-state index in [4.69, 9.17) is 5.73 Å². The number of nitrogens with two attached hydrogens (primary N) is 1. The normalized spacial score (nSPS) is 11.5. The minimum Gasteiger partial charge on any atom is -0.398 e. The molecule has 0 bridgehead atoms. The molecule has 0 aromatic heterocycles. The molecule has 0 amide bonds. The van der Waals surface area contributed by atoms with Crippen molar-refractivity contribution < 1.29 is 17.6 Å². The molecule has 1 nitrogen and oxygen atoms in total. The van der Waals surface area contributed by atoms with Gasteiger partial charge < -0.3 is 5.73 Å². The maximum atomic E-state index is 14.0. The van der Waals surface area contributed by atoms with Crippen molar-refractivity contribution >= 4 is 16.5 Å². The van der Waals surface area contributed by atoms with Gasteiger partial charge in [-0.3, -0.25) is 0 Å². The molecule has 0 heterocycles. The number of anilines is 1. The van der Waals surface area contributed by atoms with Crippen molar-refractivity contribution in [2.24, 2.45) is 0 Å². The van der Waals surface area contributed by atoms with E-state index in [1.54, 1.807) is 48.5 Å². The average molecular weight is 548 g/mol. The average Bonchev–Trinajstić information content (AvgIpc) is 2.99. The Bertz CT molecular complexity index is 1720. The van der Waals surface area contributed by atoms with Crippen molar-refractivity contribution in [1.29, 1.82) is 0 Å². The van der Waals surface area contributed by atoms with E-state index in [1.807, 2.05) is 30.3 Å². The van der Waals surface area contributed by atoms with E-state index in [2.05, 4.69) is 0 Å². The van der Waals surface area contributed by atoms with Gasteiger partial charge in [0, 0.05) is 22.9 Å². The quantitative estimate of drug-likeness (QED) is 0.126.